The molecular formula is C7H13F2NO2. The fourth-order valence-corrected chi connectivity index (χ4v) is 0.623. The number of carbonyl (C=O) groups excluding carboxylic acids is 1. The molecule has 0 aromatic heterocycles. The first-order valence-corrected chi connectivity index (χ1v) is 3.70. The number of nitrogens with zero attached hydrogens (tertiary/aromatic N) is 1. The quantitative estimate of drug-likeness (QED) is 0.585. The molecule has 0 saturated heterocycles. The van der Waals surface area contributed by atoms with Crippen LogP contribution in [0.15, 0.2) is 0 Å². The van der Waals surface area contributed by atoms with E-state index in [-0.39, 0.29) is 6.54 Å². The van der Waals surface area contributed by atoms with Gasteiger partial charge in [-0.05, 0) is 6.92 Å². The van der Waals surface area contributed by atoms with Crippen LogP contribution in [-0.4, -0.2) is 44.0 Å². The molecule has 0 unspecified atom stereocenters. The molecule has 0 atom stereocenters. The van der Waals surface area contributed by atoms with E-state index in [9.17, 15) is 13.6 Å². The summed E-state index contributed by atoms with van der Waals surface area (Å²) in [5.74, 6) is -1.16. The van der Waals surface area contributed by atoms with Crippen molar-refractivity contribution < 1.29 is 18.3 Å². The molecular weight excluding hydrogens is 168 g/mol. The maximum Gasteiger partial charge on any atom is 0.315 e. The van der Waals surface area contributed by atoms with Crippen LogP contribution in [-0.2, 0) is 9.53 Å². The van der Waals surface area contributed by atoms with Gasteiger partial charge >= 0.3 is 6.43 Å². The van der Waals surface area contributed by atoms with Gasteiger partial charge in [-0.25, -0.2) is 0 Å². The summed E-state index contributed by atoms with van der Waals surface area (Å²) in [6.07, 6.45) is -2.92. The molecule has 0 heterocycles. The number of likely N-dealkylation sites (N-methyl/N-ethyl adjacent to an activating group) is 1. The van der Waals surface area contributed by atoms with Gasteiger partial charge < -0.3 is 9.64 Å². The van der Waals surface area contributed by atoms with E-state index in [1.165, 1.54) is 7.05 Å². The van der Waals surface area contributed by atoms with Crippen LogP contribution in [0.4, 0.5) is 8.78 Å². The molecule has 0 N–H and O–H groups in total. The van der Waals surface area contributed by atoms with Crippen LogP contribution in [0.1, 0.15) is 6.92 Å². The monoisotopic (exact) mass is 181 g/mol. The first-order chi connectivity index (χ1) is 5.59. The summed E-state index contributed by atoms with van der Waals surface area (Å²) in [5.41, 5.74) is 0. The maximum atomic E-state index is 11.8. The van der Waals surface area contributed by atoms with Crippen LogP contribution >= 0.6 is 0 Å². The number of ether oxygens (including phenoxy) is 1. The summed E-state index contributed by atoms with van der Waals surface area (Å²) in [6.45, 7) is 2.83. The largest absolute Gasteiger partial charge is 0.380 e. The smallest absolute Gasteiger partial charge is 0.315 e. The van der Waals surface area contributed by atoms with Crippen LogP contribution in [0.5, 0.6) is 0 Å². The van der Waals surface area contributed by atoms with Crippen molar-refractivity contribution in [2.45, 2.75) is 13.3 Å². The Labute approximate surface area is 70.3 Å². The normalized spacial score (nSPS) is 10.4. The molecule has 0 rings (SSSR count). The second-order valence-electron chi connectivity index (χ2n) is 2.26. The van der Waals surface area contributed by atoms with E-state index in [0.717, 1.165) is 4.90 Å². The van der Waals surface area contributed by atoms with E-state index < -0.39 is 12.3 Å². The van der Waals surface area contributed by atoms with Crippen molar-refractivity contribution in [2.24, 2.45) is 0 Å². The zero-order valence-corrected chi connectivity index (χ0v) is 7.22. The van der Waals surface area contributed by atoms with Gasteiger partial charge in [0.1, 0.15) is 0 Å². The van der Waals surface area contributed by atoms with Gasteiger partial charge in [0.25, 0.3) is 5.91 Å². The second-order valence-corrected chi connectivity index (χ2v) is 2.26. The SMILES string of the molecule is CCOCCN(C)C(=O)C(F)F. The standard InChI is InChI=1S/C7H13F2NO2/c1-3-12-5-4-10(2)7(11)6(8)9/h6H,3-5H2,1-2H3. The number of alkyl halides is 2. The number of rotatable bonds is 5. The molecule has 0 aliphatic heterocycles. The van der Waals surface area contributed by atoms with Crippen LogP contribution in [0.25, 0.3) is 0 Å². The first-order valence-electron chi connectivity index (χ1n) is 3.70. The molecule has 0 aliphatic rings. The van der Waals surface area contributed by atoms with Crippen molar-refractivity contribution in [1.82, 2.24) is 4.90 Å². The Kier molecular flexibility index (Phi) is 5.53. The Bertz CT molecular complexity index is 141. The molecule has 0 radical (unpaired) electrons. The summed E-state index contributed by atoms with van der Waals surface area (Å²) in [5, 5.41) is 0. The number of hydrogen-bond donors (Lipinski definition) is 0. The summed E-state index contributed by atoms with van der Waals surface area (Å²) < 4.78 is 28.4. The second kappa shape index (κ2) is 5.88. The summed E-state index contributed by atoms with van der Waals surface area (Å²) in [4.78, 5) is 11.5. The molecule has 0 aliphatic carbocycles. The third-order valence-corrected chi connectivity index (χ3v) is 1.34. The van der Waals surface area contributed by atoms with Crippen LogP contribution < -0.4 is 0 Å². The lowest BCUT2D eigenvalue weighted by atomic mass is 10.5. The molecule has 3 nitrogen and oxygen atoms in total. The molecule has 0 spiro atoms. The Balaban J connectivity index is 3.57. The summed E-state index contributed by atoms with van der Waals surface area (Å²) >= 11 is 0. The van der Waals surface area contributed by atoms with E-state index in [4.69, 9.17) is 4.74 Å². The fraction of sp³-hybridized carbons (Fsp3) is 0.857. The maximum absolute atomic E-state index is 11.8. The lowest BCUT2D eigenvalue weighted by molar-refractivity contribution is -0.142. The highest BCUT2D eigenvalue weighted by Crippen LogP contribution is 1.97. The van der Waals surface area contributed by atoms with Crippen molar-refractivity contribution >= 4 is 5.91 Å². The molecule has 72 valence electrons. The van der Waals surface area contributed by atoms with E-state index >= 15 is 0 Å². The Hall–Kier alpha value is -0.710. The Morgan fingerprint density at radius 1 is 1.58 bits per heavy atom. The van der Waals surface area contributed by atoms with Crippen molar-refractivity contribution in [3.8, 4) is 0 Å². The predicted molar refractivity (Wildman–Crippen MR) is 40.1 cm³/mol. The van der Waals surface area contributed by atoms with Gasteiger partial charge in [-0.2, -0.15) is 8.78 Å². The van der Waals surface area contributed by atoms with Gasteiger partial charge in [-0.15, -0.1) is 0 Å². The lowest BCUT2D eigenvalue weighted by Gasteiger charge is -2.15. The van der Waals surface area contributed by atoms with Crippen molar-refractivity contribution in [1.29, 1.82) is 0 Å². The Morgan fingerprint density at radius 2 is 2.17 bits per heavy atom. The van der Waals surface area contributed by atoms with E-state index in [1.807, 2.05) is 0 Å². The van der Waals surface area contributed by atoms with Crippen molar-refractivity contribution in [3.05, 3.63) is 0 Å². The zero-order chi connectivity index (χ0) is 9.56. The molecule has 0 fully saturated rings. The third kappa shape index (κ3) is 4.23. The van der Waals surface area contributed by atoms with Crippen molar-refractivity contribution in [2.75, 3.05) is 26.8 Å². The molecule has 12 heavy (non-hydrogen) atoms. The number of carbonyl (C=O) groups is 1. The molecule has 0 aromatic rings. The van der Waals surface area contributed by atoms with Crippen LogP contribution in [0, 0.1) is 0 Å². The van der Waals surface area contributed by atoms with Gasteiger partial charge in [0.05, 0.1) is 6.61 Å². The highest BCUT2D eigenvalue weighted by atomic mass is 19.3. The topological polar surface area (TPSA) is 29.5 Å². The van der Waals surface area contributed by atoms with Crippen molar-refractivity contribution in [3.63, 3.8) is 0 Å². The average Bonchev–Trinajstić information content (AvgIpc) is 2.03. The highest BCUT2D eigenvalue weighted by molar-refractivity contribution is 5.78. The molecule has 0 bridgehead atoms. The lowest BCUT2D eigenvalue weighted by Crippen LogP contribution is -2.34. The fourth-order valence-electron chi connectivity index (χ4n) is 0.623. The van der Waals surface area contributed by atoms with Crippen LogP contribution in [0.2, 0.25) is 0 Å². The number of halogens is 2. The van der Waals surface area contributed by atoms with Gasteiger partial charge in [0.15, 0.2) is 0 Å². The average molecular weight is 181 g/mol. The first kappa shape index (κ1) is 11.3. The molecule has 1 amide bonds. The summed E-state index contributed by atoms with van der Waals surface area (Å²) in [7, 11) is 1.33. The third-order valence-electron chi connectivity index (χ3n) is 1.34. The van der Waals surface area contributed by atoms with Gasteiger partial charge in [-0.3, -0.25) is 4.79 Å². The van der Waals surface area contributed by atoms with E-state index in [1.54, 1.807) is 6.92 Å². The van der Waals surface area contributed by atoms with Gasteiger partial charge in [0.2, 0.25) is 0 Å². The van der Waals surface area contributed by atoms with Gasteiger partial charge in [0, 0.05) is 20.2 Å². The molecule has 5 heteroatoms. The van der Waals surface area contributed by atoms with Crippen LogP contribution in [0.3, 0.4) is 0 Å². The number of hydrogen-bond acceptors (Lipinski definition) is 2. The minimum Gasteiger partial charge on any atom is -0.380 e. The molecule has 0 saturated carbocycles. The van der Waals surface area contributed by atoms with E-state index in [2.05, 4.69) is 0 Å². The minimum absolute atomic E-state index is 0.205. The Morgan fingerprint density at radius 3 is 2.58 bits per heavy atom. The predicted octanol–water partition coefficient (Wildman–Crippen LogP) is 0.746. The molecule has 0 aromatic carbocycles. The minimum atomic E-state index is -2.92. The highest BCUT2D eigenvalue weighted by Gasteiger charge is 2.19. The number of amides is 1. The zero-order valence-electron chi connectivity index (χ0n) is 7.22. The van der Waals surface area contributed by atoms with E-state index in [0.29, 0.717) is 13.2 Å². The summed E-state index contributed by atoms with van der Waals surface area (Å²) in [6, 6.07) is 0. The van der Waals surface area contributed by atoms with Gasteiger partial charge in [-0.1, -0.05) is 0 Å².